The van der Waals surface area contributed by atoms with Gasteiger partial charge in [0.1, 0.15) is 18.5 Å². The smallest absolute Gasteiger partial charge is 0.221 e. The summed E-state index contributed by atoms with van der Waals surface area (Å²) in [6.45, 7) is 3.00. The Morgan fingerprint density at radius 2 is 2.04 bits per heavy atom. The van der Waals surface area contributed by atoms with Gasteiger partial charge in [-0.15, -0.1) is 11.3 Å². The Kier molecular flexibility index (Phi) is 7.23. The minimum absolute atomic E-state index is 0.111. The van der Waals surface area contributed by atoms with Crippen LogP contribution in [0.25, 0.3) is 0 Å². The maximum Gasteiger partial charge on any atom is 0.221 e. The number of carbonyl (C=O) groups is 1. The molecule has 0 radical (unpaired) electrons. The molecule has 0 bridgehead atoms. The Morgan fingerprint density at radius 3 is 2.62 bits per heavy atom. The number of nitrogens with zero attached hydrogens (tertiary/aromatic N) is 1. The summed E-state index contributed by atoms with van der Waals surface area (Å²) in [5, 5.41) is 12.8. The number of ether oxygens (including phenoxy) is 1. The van der Waals surface area contributed by atoms with Crippen LogP contribution in [0.3, 0.4) is 0 Å². The molecular weight excluding hydrogens is 392 g/mol. The van der Waals surface area contributed by atoms with Gasteiger partial charge >= 0.3 is 0 Å². The second kappa shape index (κ2) is 9.17. The topological polar surface area (TPSA) is 61.8 Å². The average molecular weight is 413 g/mol. The fraction of sp³-hybridized carbons (Fsp3) is 0.353. The van der Waals surface area contributed by atoms with Gasteiger partial charge in [-0.25, -0.2) is 0 Å². The van der Waals surface area contributed by atoms with Crippen LogP contribution >= 0.6 is 27.3 Å². The highest BCUT2D eigenvalue weighted by molar-refractivity contribution is 9.11. The molecule has 1 unspecified atom stereocenters. The molecule has 130 valence electrons. The molecule has 1 heterocycles. The van der Waals surface area contributed by atoms with Gasteiger partial charge < -0.3 is 15.2 Å². The monoisotopic (exact) mass is 412 g/mol. The van der Waals surface area contributed by atoms with E-state index >= 15 is 0 Å². The molecule has 2 rings (SSSR count). The third kappa shape index (κ3) is 6.60. The van der Waals surface area contributed by atoms with Gasteiger partial charge in [-0.05, 0) is 59.4 Å². The maximum atomic E-state index is 11.0. The van der Waals surface area contributed by atoms with E-state index in [1.54, 1.807) is 35.6 Å². The fourth-order valence-electron chi connectivity index (χ4n) is 2.21. The summed E-state index contributed by atoms with van der Waals surface area (Å²) >= 11 is 5.14. The van der Waals surface area contributed by atoms with Crippen molar-refractivity contribution < 1.29 is 14.6 Å². The third-order valence-electron chi connectivity index (χ3n) is 3.19. The molecule has 0 spiro atoms. The molecule has 1 amide bonds. The van der Waals surface area contributed by atoms with Crippen molar-refractivity contribution in [1.82, 2.24) is 4.90 Å². The van der Waals surface area contributed by atoms with Gasteiger partial charge in [0.15, 0.2) is 0 Å². The number of thiophene rings is 1. The van der Waals surface area contributed by atoms with Crippen molar-refractivity contribution in [2.75, 3.05) is 25.5 Å². The molecule has 5 nitrogen and oxygen atoms in total. The minimum atomic E-state index is -0.576. The van der Waals surface area contributed by atoms with Crippen LogP contribution in [0, 0.1) is 0 Å². The summed E-state index contributed by atoms with van der Waals surface area (Å²) in [5.41, 5.74) is 0.720. The van der Waals surface area contributed by atoms with Gasteiger partial charge in [0.05, 0.1) is 3.79 Å². The van der Waals surface area contributed by atoms with Crippen LogP contribution in [0.2, 0.25) is 0 Å². The first kappa shape index (κ1) is 18.9. The van der Waals surface area contributed by atoms with Crippen molar-refractivity contribution in [3.05, 3.63) is 45.1 Å². The quantitative estimate of drug-likeness (QED) is 0.697. The van der Waals surface area contributed by atoms with E-state index < -0.39 is 6.10 Å². The van der Waals surface area contributed by atoms with Crippen LogP contribution in [0.1, 0.15) is 11.8 Å². The van der Waals surface area contributed by atoms with Crippen LogP contribution < -0.4 is 10.1 Å². The first-order valence-electron chi connectivity index (χ1n) is 7.53. The largest absolute Gasteiger partial charge is 0.491 e. The molecule has 0 saturated heterocycles. The summed E-state index contributed by atoms with van der Waals surface area (Å²) in [5.74, 6) is 0.549. The Morgan fingerprint density at radius 1 is 1.33 bits per heavy atom. The molecule has 2 N–H and O–H groups in total. The third-order valence-corrected chi connectivity index (χ3v) is 4.80. The molecule has 1 aromatic heterocycles. The van der Waals surface area contributed by atoms with Gasteiger partial charge in [-0.2, -0.15) is 0 Å². The van der Waals surface area contributed by atoms with Crippen LogP contribution in [0.5, 0.6) is 5.75 Å². The molecule has 7 heteroatoms. The zero-order chi connectivity index (χ0) is 17.5. The number of hydrogen-bond acceptors (Lipinski definition) is 5. The highest BCUT2D eigenvalue weighted by Gasteiger charge is 2.11. The van der Waals surface area contributed by atoms with E-state index in [-0.39, 0.29) is 12.5 Å². The zero-order valence-corrected chi connectivity index (χ0v) is 16.1. The normalized spacial score (nSPS) is 12.2. The number of carbonyl (C=O) groups excluding carboxylic acids is 1. The van der Waals surface area contributed by atoms with Gasteiger partial charge in [0.25, 0.3) is 0 Å². The highest BCUT2D eigenvalue weighted by Crippen LogP contribution is 2.23. The lowest BCUT2D eigenvalue weighted by Gasteiger charge is -2.20. The first-order chi connectivity index (χ1) is 11.4. The molecule has 0 saturated carbocycles. The molecule has 0 aliphatic heterocycles. The Hall–Kier alpha value is -1.41. The molecule has 0 fully saturated rings. The number of nitrogens with one attached hydrogen (secondary N) is 1. The number of halogens is 1. The lowest BCUT2D eigenvalue weighted by molar-refractivity contribution is -0.114. The summed E-state index contributed by atoms with van der Waals surface area (Å²) in [6, 6.07) is 11.2. The second-order valence-electron chi connectivity index (χ2n) is 5.57. The standard InChI is InChI=1S/C17H21BrN2O3S/c1-12(21)19-13-3-5-15(6-4-13)23-11-14(22)9-20(2)10-16-7-8-17(18)24-16/h3-8,14,22H,9-11H2,1-2H3,(H,19,21). The van der Waals surface area contributed by atoms with E-state index in [0.29, 0.717) is 12.3 Å². The number of rotatable bonds is 8. The summed E-state index contributed by atoms with van der Waals surface area (Å²) in [7, 11) is 1.97. The van der Waals surface area contributed by atoms with Gasteiger partial charge in [0, 0.05) is 30.6 Å². The second-order valence-corrected chi connectivity index (χ2v) is 8.12. The zero-order valence-electron chi connectivity index (χ0n) is 13.7. The van der Waals surface area contributed by atoms with Crippen LogP contribution in [-0.4, -0.2) is 42.2 Å². The van der Waals surface area contributed by atoms with Crippen molar-refractivity contribution in [3.63, 3.8) is 0 Å². The molecule has 24 heavy (non-hydrogen) atoms. The maximum absolute atomic E-state index is 11.0. The van der Waals surface area contributed by atoms with Gasteiger partial charge in [0.2, 0.25) is 5.91 Å². The highest BCUT2D eigenvalue weighted by atomic mass is 79.9. The van der Waals surface area contributed by atoms with Crippen molar-refractivity contribution in [2.24, 2.45) is 0 Å². The summed E-state index contributed by atoms with van der Waals surface area (Å²) in [4.78, 5) is 14.3. The van der Waals surface area contributed by atoms with E-state index in [2.05, 4.69) is 32.2 Å². The summed E-state index contributed by atoms with van der Waals surface area (Å²) < 4.78 is 6.70. The fourth-order valence-corrected chi connectivity index (χ4v) is 3.77. The Balaban J connectivity index is 1.73. The Labute approximate surface area is 154 Å². The van der Waals surface area contributed by atoms with Crippen LogP contribution in [0.15, 0.2) is 40.2 Å². The van der Waals surface area contributed by atoms with Crippen molar-refractivity contribution in [3.8, 4) is 5.75 Å². The van der Waals surface area contributed by atoms with Crippen molar-refractivity contribution >= 4 is 38.9 Å². The van der Waals surface area contributed by atoms with Crippen LogP contribution in [-0.2, 0) is 11.3 Å². The minimum Gasteiger partial charge on any atom is -0.491 e. The van der Waals surface area contributed by atoms with Crippen molar-refractivity contribution in [2.45, 2.75) is 19.6 Å². The number of benzene rings is 1. The van der Waals surface area contributed by atoms with E-state index in [1.807, 2.05) is 13.1 Å². The molecule has 1 atom stereocenters. The molecule has 2 aromatic rings. The van der Waals surface area contributed by atoms with E-state index in [1.165, 1.54) is 11.8 Å². The molecular formula is C17H21BrN2O3S. The molecule has 0 aliphatic carbocycles. The Bertz CT molecular complexity index is 660. The number of anilines is 1. The molecule has 1 aromatic carbocycles. The van der Waals surface area contributed by atoms with Crippen molar-refractivity contribution in [1.29, 1.82) is 0 Å². The number of aliphatic hydroxyl groups is 1. The average Bonchev–Trinajstić information content (AvgIpc) is 2.91. The number of aliphatic hydroxyl groups excluding tert-OH is 1. The van der Waals surface area contributed by atoms with Gasteiger partial charge in [-0.3, -0.25) is 9.69 Å². The number of hydrogen-bond donors (Lipinski definition) is 2. The van der Waals surface area contributed by atoms with E-state index in [0.717, 1.165) is 16.0 Å². The molecule has 0 aliphatic rings. The lowest BCUT2D eigenvalue weighted by Crippen LogP contribution is -2.32. The first-order valence-corrected chi connectivity index (χ1v) is 9.14. The van der Waals surface area contributed by atoms with E-state index in [9.17, 15) is 9.90 Å². The predicted molar refractivity (Wildman–Crippen MR) is 101 cm³/mol. The SMILES string of the molecule is CC(=O)Nc1ccc(OCC(O)CN(C)Cc2ccc(Br)s2)cc1. The lowest BCUT2D eigenvalue weighted by atomic mass is 10.3. The van der Waals surface area contributed by atoms with Crippen LogP contribution in [0.4, 0.5) is 5.69 Å². The number of likely N-dealkylation sites (N-methyl/N-ethyl adjacent to an activating group) is 1. The number of amides is 1. The van der Waals surface area contributed by atoms with Gasteiger partial charge in [-0.1, -0.05) is 0 Å². The predicted octanol–water partition coefficient (Wildman–Crippen LogP) is 3.34. The van der Waals surface area contributed by atoms with E-state index in [4.69, 9.17) is 4.74 Å². The summed E-state index contributed by atoms with van der Waals surface area (Å²) in [6.07, 6.45) is -0.576.